The van der Waals surface area contributed by atoms with E-state index >= 15 is 0 Å². The minimum absolute atomic E-state index is 0.00434. The number of hydrogen-bond acceptors (Lipinski definition) is 9. The summed E-state index contributed by atoms with van der Waals surface area (Å²) in [6, 6.07) is 6.74. The lowest BCUT2D eigenvalue weighted by molar-refractivity contribution is 0.202. The Morgan fingerprint density at radius 2 is 1.75 bits per heavy atom. The minimum atomic E-state index is -3.94. The first kappa shape index (κ1) is 23.7. The summed E-state index contributed by atoms with van der Waals surface area (Å²) in [5.74, 6) is 0.390. The van der Waals surface area contributed by atoms with E-state index in [1.807, 2.05) is 27.0 Å². The van der Waals surface area contributed by atoms with Gasteiger partial charge in [-0.1, -0.05) is 26.8 Å². The van der Waals surface area contributed by atoms with Gasteiger partial charge in [-0.3, -0.25) is 4.72 Å². The molecule has 0 aliphatic heterocycles. The number of hydrogen-bond donors (Lipinski definition) is 1. The molecule has 0 bridgehead atoms. The number of benzene rings is 1. The largest absolute Gasteiger partial charge is 0.489 e. The average Bonchev–Trinajstić information content (AvgIpc) is 2.77. The fraction of sp³-hybridized carbons (Fsp3) is 0.333. The molecule has 1 N–H and O–H groups in total. The maximum absolute atomic E-state index is 13.0. The maximum atomic E-state index is 13.0. The van der Waals surface area contributed by atoms with Crippen LogP contribution in [0.25, 0.3) is 0 Å². The molecule has 0 saturated carbocycles. The summed E-state index contributed by atoms with van der Waals surface area (Å²) >= 11 is 1.53. The Bertz CT molecular complexity index is 1140. The molecule has 3 aromatic rings. The Morgan fingerprint density at radius 1 is 1.03 bits per heavy atom. The second kappa shape index (κ2) is 10.1. The van der Waals surface area contributed by atoms with Gasteiger partial charge in [0.05, 0.1) is 0 Å². The Hall–Kier alpha value is -2.92. The van der Waals surface area contributed by atoms with Crippen LogP contribution in [0.1, 0.15) is 26.3 Å². The molecule has 2 aromatic heterocycles. The first-order valence-corrected chi connectivity index (χ1v) is 12.4. The molecule has 0 aliphatic carbocycles. The summed E-state index contributed by atoms with van der Waals surface area (Å²) in [5.41, 5.74) is 0.745. The van der Waals surface area contributed by atoms with Crippen LogP contribution in [0, 0.1) is 0 Å². The summed E-state index contributed by atoms with van der Waals surface area (Å²) < 4.78 is 39.8. The van der Waals surface area contributed by atoms with Gasteiger partial charge in [-0.15, -0.1) is 11.8 Å². The van der Waals surface area contributed by atoms with E-state index in [-0.39, 0.29) is 41.1 Å². The van der Waals surface area contributed by atoms with Crippen LogP contribution in [0.5, 0.6) is 11.8 Å². The van der Waals surface area contributed by atoms with Crippen molar-refractivity contribution in [2.45, 2.75) is 36.0 Å². The third kappa shape index (κ3) is 6.30. The molecule has 0 saturated heterocycles. The molecule has 3 rings (SSSR count). The van der Waals surface area contributed by atoms with Gasteiger partial charge >= 0.3 is 6.01 Å². The van der Waals surface area contributed by atoms with Crippen molar-refractivity contribution >= 4 is 27.6 Å². The Morgan fingerprint density at radius 3 is 2.38 bits per heavy atom. The van der Waals surface area contributed by atoms with Crippen molar-refractivity contribution in [2.75, 3.05) is 24.2 Å². The second-order valence-corrected chi connectivity index (χ2v) is 10.2. The number of anilines is 1. The zero-order valence-corrected chi connectivity index (χ0v) is 19.9. The Labute approximate surface area is 192 Å². The molecule has 0 aliphatic rings. The van der Waals surface area contributed by atoms with E-state index < -0.39 is 10.0 Å². The first-order valence-electron chi connectivity index (χ1n) is 9.74. The van der Waals surface area contributed by atoms with Gasteiger partial charge in [-0.05, 0) is 35.4 Å². The number of sulfonamides is 1. The molecule has 9 nitrogen and oxygen atoms in total. The predicted octanol–water partition coefficient (Wildman–Crippen LogP) is 3.54. The third-order valence-corrected chi connectivity index (χ3v) is 6.41. The molecule has 0 amide bonds. The normalized spacial score (nSPS) is 11.8. The number of aromatic nitrogens is 4. The van der Waals surface area contributed by atoms with Crippen LogP contribution in [0.3, 0.4) is 0 Å². The number of thioether (sulfide) groups is 1. The predicted molar refractivity (Wildman–Crippen MR) is 123 cm³/mol. The van der Waals surface area contributed by atoms with Gasteiger partial charge in [-0.25, -0.2) is 28.4 Å². The van der Waals surface area contributed by atoms with E-state index in [0.717, 1.165) is 10.5 Å². The molecule has 2 heterocycles. The van der Waals surface area contributed by atoms with Gasteiger partial charge in [0.25, 0.3) is 10.0 Å². The van der Waals surface area contributed by atoms with Crippen LogP contribution >= 0.6 is 11.8 Å². The maximum Gasteiger partial charge on any atom is 0.316 e. The highest BCUT2D eigenvalue weighted by molar-refractivity contribution is 7.98. The Balaban J connectivity index is 1.77. The number of nitrogens with one attached hydrogen (secondary N) is 1. The summed E-state index contributed by atoms with van der Waals surface area (Å²) in [6.07, 6.45) is 8.00. The molecule has 32 heavy (non-hydrogen) atoms. The van der Waals surface area contributed by atoms with Crippen molar-refractivity contribution in [1.82, 2.24) is 19.9 Å². The van der Waals surface area contributed by atoms with Crippen molar-refractivity contribution in [3.8, 4) is 11.8 Å². The lowest BCUT2D eigenvalue weighted by Gasteiger charge is -2.21. The summed E-state index contributed by atoms with van der Waals surface area (Å²) in [6.45, 7) is 6.38. The lowest BCUT2D eigenvalue weighted by atomic mass is 9.87. The van der Waals surface area contributed by atoms with E-state index in [9.17, 15) is 8.42 Å². The fourth-order valence-corrected chi connectivity index (χ4v) is 4.07. The standard InChI is InChI=1S/C21H25N5O4S2/c1-21(2,3)15-5-6-18(32(27,28)26-19-7-8-22-14-25-19)17(11-15)29-9-10-30-20-23-12-16(31-4)13-24-20/h5-8,11-14H,9-10H2,1-4H3,(H,22,25,26). The number of ether oxygens (including phenoxy) is 2. The van der Waals surface area contributed by atoms with Crippen molar-refractivity contribution in [3.05, 3.63) is 54.7 Å². The van der Waals surface area contributed by atoms with Crippen molar-refractivity contribution in [2.24, 2.45) is 0 Å². The molecular weight excluding hydrogens is 450 g/mol. The van der Waals surface area contributed by atoms with Crippen molar-refractivity contribution in [3.63, 3.8) is 0 Å². The van der Waals surface area contributed by atoms with E-state index in [1.54, 1.807) is 24.5 Å². The zero-order valence-electron chi connectivity index (χ0n) is 18.3. The van der Waals surface area contributed by atoms with Crippen LogP contribution in [0.4, 0.5) is 5.82 Å². The molecule has 0 fully saturated rings. The zero-order chi connectivity index (χ0) is 23.2. The quantitative estimate of drug-likeness (QED) is 0.366. The smallest absolute Gasteiger partial charge is 0.316 e. The molecule has 0 radical (unpaired) electrons. The SMILES string of the molecule is CSc1cnc(OCCOc2cc(C(C)(C)C)ccc2S(=O)(=O)Nc2ccncn2)nc1. The van der Waals surface area contributed by atoms with Crippen molar-refractivity contribution in [1.29, 1.82) is 0 Å². The van der Waals surface area contributed by atoms with Gasteiger partial charge < -0.3 is 9.47 Å². The third-order valence-electron chi connectivity index (χ3n) is 4.33. The second-order valence-electron chi connectivity index (χ2n) is 7.71. The average molecular weight is 476 g/mol. The number of nitrogens with zero attached hydrogens (tertiary/aromatic N) is 4. The monoisotopic (exact) mass is 475 g/mol. The highest BCUT2D eigenvalue weighted by Gasteiger charge is 2.24. The van der Waals surface area contributed by atoms with Crippen LogP contribution in [-0.4, -0.2) is 47.8 Å². The van der Waals surface area contributed by atoms with E-state index in [2.05, 4.69) is 24.7 Å². The molecular formula is C21H25N5O4S2. The van der Waals surface area contributed by atoms with Crippen LogP contribution in [0.15, 0.2) is 59.0 Å². The first-order chi connectivity index (χ1) is 15.2. The van der Waals surface area contributed by atoms with Crippen molar-refractivity contribution < 1.29 is 17.9 Å². The lowest BCUT2D eigenvalue weighted by Crippen LogP contribution is -2.18. The molecule has 0 atom stereocenters. The van der Waals surface area contributed by atoms with Gasteiger partial charge in [0, 0.05) is 23.5 Å². The summed E-state index contributed by atoms with van der Waals surface area (Å²) in [7, 11) is -3.94. The Kier molecular flexibility index (Phi) is 7.52. The summed E-state index contributed by atoms with van der Waals surface area (Å²) in [5, 5.41) is 0. The van der Waals surface area contributed by atoms with E-state index in [0.29, 0.717) is 0 Å². The van der Waals surface area contributed by atoms with Crippen LogP contribution in [0.2, 0.25) is 0 Å². The van der Waals surface area contributed by atoms with Gasteiger partial charge in [0.2, 0.25) is 0 Å². The minimum Gasteiger partial charge on any atom is -0.489 e. The topological polar surface area (TPSA) is 116 Å². The molecule has 0 unspecified atom stereocenters. The van der Waals surface area contributed by atoms with E-state index in [1.165, 1.54) is 36.4 Å². The molecule has 0 spiro atoms. The highest BCUT2D eigenvalue weighted by atomic mass is 32.2. The van der Waals surface area contributed by atoms with E-state index in [4.69, 9.17) is 9.47 Å². The molecule has 1 aromatic carbocycles. The van der Waals surface area contributed by atoms with Crippen LogP contribution < -0.4 is 14.2 Å². The number of rotatable bonds is 9. The van der Waals surface area contributed by atoms with Crippen LogP contribution in [-0.2, 0) is 15.4 Å². The molecule has 11 heteroatoms. The summed E-state index contributed by atoms with van der Waals surface area (Å²) in [4.78, 5) is 16.9. The molecule has 170 valence electrons. The van der Waals surface area contributed by atoms with Gasteiger partial charge in [0.1, 0.15) is 36.0 Å². The van der Waals surface area contributed by atoms with Gasteiger partial charge in [0.15, 0.2) is 0 Å². The highest BCUT2D eigenvalue weighted by Crippen LogP contribution is 2.32. The fourth-order valence-electron chi connectivity index (χ4n) is 2.62. The van der Waals surface area contributed by atoms with Gasteiger partial charge in [-0.2, -0.15) is 0 Å².